The summed E-state index contributed by atoms with van der Waals surface area (Å²) in [5, 5.41) is 18.7. The molecule has 16 heavy (non-hydrogen) atoms. The second-order valence-electron chi connectivity index (χ2n) is 5.95. The lowest BCUT2D eigenvalue weighted by atomic mass is 9.56. The first-order valence-electron chi connectivity index (χ1n) is 6.88. The highest BCUT2D eigenvalue weighted by molar-refractivity contribution is 6.43. The fourth-order valence-electron chi connectivity index (χ4n) is 3.11. The molecule has 0 amide bonds. The number of hydrogen-bond acceptors (Lipinski definition) is 2. The molecule has 3 unspecified atom stereocenters. The molecule has 0 aromatic carbocycles. The minimum atomic E-state index is -1.11. The van der Waals surface area contributed by atoms with Crippen molar-refractivity contribution in [1.29, 1.82) is 0 Å². The Bertz CT molecular complexity index is 194. The molecular formula is C13H27BO2. The maximum atomic E-state index is 9.33. The van der Waals surface area contributed by atoms with Gasteiger partial charge in [0.15, 0.2) is 0 Å². The van der Waals surface area contributed by atoms with Crippen molar-refractivity contribution in [3.05, 3.63) is 0 Å². The third-order valence-corrected chi connectivity index (χ3v) is 4.27. The van der Waals surface area contributed by atoms with Crippen LogP contribution in [-0.2, 0) is 0 Å². The molecule has 1 saturated carbocycles. The minimum Gasteiger partial charge on any atom is -0.427 e. The summed E-state index contributed by atoms with van der Waals surface area (Å²) in [5.74, 6) is 2.08. The molecule has 1 rings (SSSR count). The molecule has 0 saturated heterocycles. The van der Waals surface area contributed by atoms with Crippen LogP contribution in [0.3, 0.4) is 0 Å². The summed E-state index contributed by atoms with van der Waals surface area (Å²) in [7, 11) is -1.11. The predicted octanol–water partition coefficient (Wildman–Crippen LogP) is 3.09. The SMILES string of the molecule is CC(C)CCCC1CCCC(B(O)O)C1C. The molecule has 94 valence electrons. The van der Waals surface area contributed by atoms with Gasteiger partial charge in [-0.15, -0.1) is 0 Å². The van der Waals surface area contributed by atoms with Crippen molar-refractivity contribution >= 4 is 7.12 Å². The molecule has 1 fully saturated rings. The van der Waals surface area contributed by atoms with Crippen LogP contribution in [0.5, 0.6) is 0 Å². The molecule has 0 aromatic rings. The lowest BCUT2D eigenvalue weighted by Gasteiger charge is -2.35. The van der Waals surface area contributed by atoms with E-state index in [1.54, 1.807) is 0 Å². The Hall–Kier alpha value is -0.0151. The van der Waals surface area contributed by atoms with Crippen LogP contribution in [0.1, 0.15) is 59.3 Å². The Morgan fingerprint density at radius 3 is 2.50 bits per heavy atom. The second kappa shape index (κ2) is 6.66. The Kier molecular flexibility index (Phi) is 5.84. The van der Waals surface area contributed by atoms with Gasteiger partial charge in [-0.1, -0.05) is 59.3 Å². The van der Waals surface area contributed by atoms with E-state index in [-0.39, 0.29) is 5.82 Å². The quantitative estimate of drug-likeness (QED) is 0.707. The van der Waals surface area contributed by atoms with E-state index in [4.69, 9.17) is 0 Å². The number of rotatable bonds is 5. The van der Waals surface area contributed by atoms with Crippen LogP contribution >= 0.6 is 0 Å². The molecule has 0 radical (unpaired) electrons. The van der Waals surface area contributed by atoms with E-state index in [0.29, 0.717) is 11.8 Å². The summed E-state index contributed by atoms with van der Waals surface area (Å²) in [4.78, 5) is 0. The van der Waals surface area contributed by atoms with Gasteiger partial charge in [0.1, 0.15) is 0 Å². The first-order chi connectivity index (χ1) is 7.52. The summed E-state index contributed by atoms with van der Waals surface area (Å²) in [6.45, 7) is 6.73. The van der Waals surface area contributed by atoms with Crippen molar-refractivity contribution in [2.75, 3.05) is 0 Å². The molecule has 1 aliphatic carbocycles. The summed E-state index contributed by atoms with van der Waals surface area (Å²) >= 11 is 0. The third-order valence-electron chi connectivity index (χ3n) is 4.27. The van der Waals surface area contributed by atoms with Crippen molar-refractivity contribution in [3.63, 3.8) is 0 Å². The van der Waals surface area contributed by atoms with Crippen molar-refractivity contribution in [1.82, 2.24) is 0 Å². The maximum Gasteiger partial charge on any atom is 0.455 e. The first kappa shape index (κ1) is 14.0. The van der Waals surface area contributed by atoms with Gasteiger partial charge in [-0.05, 0) is 23.6 Å². The van der Waals surface area contributed by atoms with Crippen molar-refractivity contribution in [2.24, 2.45) is 17.8 Å². The average Bonchev–Trinajstić information content (AvgIpc) is 2.19. The predicted molar refractivity (Wildman–Crippen MR) is 69.1 cm³/mol. The Balaban J connectivity index is 2.35. The van der Waals surface area contributed by atoms with Gasteiger partial charge in [-0.3, -0.25) is 0 Å². The maximum absolute atomic E-state index is 9.33. The highest BCUT2D eigenvalue weighted by Crippen LogP contribution is 2.41. The molecule has 2 N–H and O–H groups in total. The largest absolute Gasteiger partial charge is 0.455 e. The van der Waals surface area contributed by atoms with Crippen LogP contribution in [0.15, 0.2) is 0 Å². The zero-order chi connectivity index (χ0) is 12.1. The Morgan fingerprint density at radius 2 is 1.94 bits per heavy atom. The van der Waals surface area contributed by atoms with Crippen LogP contribution in [-0.4, -0.2) is 17.2 Å². The van der Waals surface area contributed by atoms with E-state index in [0.717, 1.165) is 12.3 Å². The lowest BCUT2D eigenvalue weighted by molar-refractivity contribution is 0.206. The third kappa shape index (κ3) is 4.10. The van der Waals surface area contributed by atoms with Gasteiger partial charge in [0.25, 0.3) is 0 Å². The molecule has 2 nitrogen and oxygen atoms in total. The molecule has 3 atom stereocenters. The number of hydrogen-bond donors (Lipinski definition) is 2. The molecule has 0 aliphatic heterocycles. The van der Waals surface area contributed by atoms with E-state index in [1.807, 2.05) is 0 Å². The fraction of sp³-hybridized carbons (Fsp3) is 1.00. The topological polar surface area (TPSA) is 40.5 Å². The molecule has 0 heterocycles. The lowest BCUT2D eigenvalue weighted by Crippen LogP contribution is -2.33. The monoisotopic (exact) mass is 226 g/mol. The van der Waals surface area contributed by atoms with Crippen molar-refractivity contribution in [3.8, 4) is 0 Å². The van der Waals surface area contributed by atoms with Crippen molar-refractivity contribution < 1.29 is 10.0 Å². The first-order valence-corrected chi connectivity index (χ1v) is 6.88. The highest BCUT2D eigenvalue weighted by atomic mass is 16.4. The van der Waals surface area contributed by atoms with E-state index < -0.39 is 7.12 Å². The van der Waals surface area contributed by atoms with Gasteiger partial charge in [-0.2, -0.15) is 0 Å². The standard InChI is InChI=1S/C13H27BO2/c1-10(2)6-4-7-12-8-5-9-13(11(12)3)14(15)16/h10-13,15-16H,4-9H2,1-3H3. The normalized spacial score (nSPS) is 30.8. The summed E-state index contributed by atoms with van der Waals surface area (Å²) in [6, 6.07) is 0. The molecule has 1 aliphatic rings. The van der Waals surface area contributed by atoms with Crippen molar-refractivity contribution in [2.45, 2.75) is 65.1 Å². The van der Waals surface area contributed by atoms with Crippen LogP contribution in [0, 0.1) is 17.8 Å². The van der Waals surface area contributed by atoms with Gasteiger partial charge >= 0.3 is 7.12 Å². The van der Waals surface area contributed by atoms with Gasteiger partial charge < -0.3 is 10.0 Å². The minimum absolute atomic E-state index is 0.109. The molecule has 3 heteroatoms. The molecule has 0 aromatic heterocycles. The molecule has 0 spiro atoms. The van der Waals surface area contributed by atoms with E-state index in [1.165, 1.54) is 32.1 Å². The average molecular weight is 226 g/mol. The van der Waals surface area contributed by atoms with Gasteiger partial charge in [-0.25, -0.2) is 0 Å². The van der Waals surface area contributed by atoms with Crippen LogP contribution in [0.25, 0.3) is 0 Å². The second-order valence-corrected chi connectivity index (χ2v) is 5.95. The fourth-order valence-corrected chi connectivity index (χ4v) is 3.11. The van der Waals surface area contributed by atoms with Crippen LogP contribution in [0.2, 0.25) is 5.82 Å². The smallest absolute Gasteiger partial charge is 0.427 e. The zero-order valence-corrected chi connectivity index (χ0v) is 11.0. The highest BCUT2D eigenvalue weighted by Gasteiger charge is 2.36. The van der Waals surface area contributed by atoms with Gasteiger partial charge in [0, 0.05) is 0 Å². The van der Waals surface area contributed by atoms with Gasteiger partial charge in [0.05, 0.1) is 0 Å². The van der Waals surface area contributed by atoms with E-state index in [9.17, 15) is 10.0 Å². The zero-order valence-electron chi connectivity index (χ0n) is 11.0. The van der Waals surface area contributed by atoms with Gasteiger partial charge in [0.2, 0.25) is 0 Å². The van der Waals surface area contributed by atoms with E-state index >= 15 is 0 Å². The van der Waals surface area contributed by atoms with Crippen LogP contribution < -0.4 is 0 Å². The Labute approximate surface area is 101 Å². The molecular weight excluding hydrogens is 199 g/mol. The molecule has 0 bridgehead atoms. The summed E-state index contributed by atoms with van der Waals surface area (Å²) in [6.07, 6.45) is 7.29. The van der Waals surface area contributed by atoms with E-state index in [2.05, 4.69) is 20.8 Å². The Morgan fingerprint density at radius 1 is 1.25 bits per heavy atom. The summed E-state index contributed by atoms with van der Waals surface area (Å²) < 4.78 is 0. The van der Waals surface area contributed by atoms with Crippen LogP contribution in [0.4, 0.5) is 0 Å². The summed E-state index contributed by atoms with van der Waals surface area (Å²) in [5.41, 5.74) is 0.